The van der Waals surface area contributed by atoms with Crippen molar-refractivity contribution >= 4 is 11.6 Å². The second kappa shape index (κ2) is 5.81. The smallest absolute Gasteiger partial charge is 0.444 e. The second-order valence-corrected chi connectivity index (χ2v) is 5.47. The monoisotopic (exact) mass is 332 g/mol. The number of rotatable bonds is 3. The quantitative estimate of drug-likeness (QED) is 0.793. The van der Waals surface area contributed by atoms with E-state index in [0.29, 0.717) is 27.6 Å². The zero-order chi connectivity index (χ0) is 16.6. The minimum Gasteiger partial charge on any atom is -0.507 e. The van der Waals surface area contributed by atoms with Crippen molar-refractivity contribution in [2.45, 2.75) is 13.8 Å². The molecule has 0 amide bonds. The number of aryl methyl sites for hydroxylation is 2. The number of hydrogen-bond acceptors (Lipinski definition) is 5. The number of hydrogen-bond donors (Lipinski definition) is 1. The van der Waals surface area contributed by atoms with Gasteiger partial charge in [-0.2, -0.15) is 4.68 Å². The first-order chi connectivity index (χ1) is 10.9. The molecule has 23 heavy (non-hydrogen) atoms. The molecule has 0 fully saturated rings. The van der Waals surface area contributed by atoms with Gasteiger partial charge >= 0.3 is 11.8 Å². The fourth-order valence-electron chi connectivity index (χ4n) is 2.12. The molecular weight excluding hydrogens is 320 g/mol. The van der Waals surface area contributed by atoms with E-state index in [-0.39, 0.29) is 11.8 Å². The van der Waals surface area contributed by atoms with Gasteiger partial charge in [0.2, 0.25) is 0 Å². The number of nitrogens with zero attached hydrogens (tertiary/aromatic N) is 2. The number of ether oxygens (including phenoxy) is 1. The van der Waals surface area contributed by atoms with E-state index in [4.69, 9.17) is 20.8 Å². The van der Waals surface area contributed by atoms with Crippen LogP contribution >= 0.6 is 11.6 Å². The Hall–Kier alpha value is -2.73. The summed E-state index contributed by atoms with van der Waals surface area (Å²) in [5.41, 5.74) is 1.75. The van der Waals surface area contributed by atoms with Crippen molar-refractivity contribution in [1.82, 2.24) is 9.78 Å². The highest BCUT2D eigenvalue weighted by Crippen LogP contribution is 2.25. The van der Waals surface area contributed by atoms with E-state index >= 15 is 0 Å². The molecule has 0 saturated heterocycles. The highest BCUT2D eigenvalue weighted by atomic mass is 35.5. The molecule has 0 bridgehead atoms. The molecule has 1 heterocycles. The standard InChI is InChI=1S/C16H13ClN2O4/c1-9-7-12(8-10(2)14(9)20)19-16(21)23-15(18-19)22-13-5-3-11(17)4-6-13/h3-8,20H,1-2H3. The summed E-state index contributed by atoms with van der Waals surface area (Å²) in [5.74, 6) is -0.0535. The molecule has 7 heteroatoms. The van der Waals surface area contributed by atoms with Gasteiger partial charge in [-0.05, 0) is 61.4 Å². The third-order valence-electron chi connectivity index (χ3n) is 3.27. The van der Waals surface area contributed by atoms with E-state index in [1.807, 2.05) is 0 Å². The van der Waals surface area contributed by atoms with Crippen LogP contribution in [0.3, 0.4) is 0 Å². The Balaban J connectivity index is 1.95. The molecule has 3 aromatic rings. The number of benzene rings is 2. The molecule has 0 spiro atoms. The average molecular weight is 333 g/mol. The Labute approximate surface area is 136 Å². The first kappa shape index (κ1) is 15.2. The Kier molecular flexibility index (Phi) is 3.83. The third-order valence-corrected chi connectivity index (χ3v) is 3.52. The molecule has 0 saturated carbocycles. The average Bonchev–Trinajstić information content (AvgIpc) is 2.87. The van der Waals surface area contributed by atoms with E-state index < -0.39 is 5.76 Å². The van der Waals surface area contributed by atoms with Gasteiger partial charge in [-0.15, -0.1) is 0 Å². The first-order valence-corrected chi connectivity index (χ1v) is 7.16. The molecular formula is C16H13ClN2O4. The Bertz CT molecular complexity index is 890. The van der Waals surface area contributed by atoms with Crippen LogP contribution in [0.5, 0.6) is 17.6 Å². The van der Waals surface area contributed by atoms with Crippen LogP contribution in [0.15, 0.2) is 45.6 Å². The van der Waals surface area contributed by atoms with E-state index in [1.165, 1.54) is 0 Å². The molecule has 3 rings (SSSR count). The minimum absolute atomic E-state index is 0.180. The SMILES string of the molecule is Cc1cc(-n2nc(Oc3ccc(Cl)cc3)oc2=O)cc(C)c1O. The zero-order valence-corrected chi connectivity index (χ0v) is 13.2. The van der Waals surface area contributed by atoms with Gasteiger partial charge < -0.3 is 14.3 Å². The summed E-state index contributed by atoms with van der Waals surface area (Å²) < 4.78 is 11.5. The van der Waals surface area contributed by atoms with Gasteiger partial charge in [-0.3, -0.25) is 0 Å². The fraction of sp³-hybridized carbons (Fsp3) is 0.125. The number of phenols is 1. The van der Waals surface area contributed by atoms with Crippen LogP contribution in [-0.2, 0) is 0 Å². The van der Waals surface area contributed by atoms with Crippen LogP contribution in [0.25, 0.3) is 5.69 Å². The molecule has 0 atom stereocenters. The molecule has 1 aromatic heterocycles. The predicted octanol–water partition coefficient (Wildman–Crippen LogP) is 3.59. The maximum atomic E-state index is 12.0. The predicted molar refractivity (Wildman–Crippen MR) is 84.8 cm³/mol. The van der Waals surface area contributed by atoms with Crippen molar-refractivity contribution in [3.63, 3.8) is 0 Å². The fourth-order valence-corrected chi connectivity index (χ4v) is 2.25. The summed E-state index contributed by atoms with van der Waals surface area (Å²) in [5, 5.41) is 14.4. The highest BCUT2D eigenvalue weighted by molar-refractivity contribution is 6.30. The Morgan fingerprint density at radius 3 is 2.39 bits per heavy atom. The summed E-state index contributed by atoms with van der Waals surface area (Å²) >= 11 is 5.80. The topological polar surface area (TPSA) is 77.5 Å². The summed E-state index contributed by atoms with van der Waals surface area (Å²) in [6.07, 6.45) is -0.180. The van der Waals surface area contributed by atoms with E-state index in [9.17, 15) is 9.90 Å². The lowest BCUT2D eigenvalue weighted by Crippen LogP contribution is -2.13. The maximum absolute atomic E-state index is 12.0. The lowest BCUT2D eigenvalue weighted by Gasteiger charge is -2.06. The Morgan fingerprint density at radius 1 is 1.17 bits per heavy atom. The number of aromatic hydroxyl groups is 1. The van der Waals surface area contributed by atoms with E-state index in [1.54, 1.807) is 50.2 Å². The van der Waals surface area contributed by atoms with Crippen LogP contribution in [-0.4, -0.2) is 14.9 Å². The van der Waals surface area contributed by atoms with Crippen LogP contribution in [0.4, 0.5) is 0 Å². The van der Waals surface area contributed by atoms with Crippen molar-refractivity contribution in [3.05, 3.63) is 63.1 Å². The van der Waals surface area contributed by atoms with Crippen molar-refractivity contribution in [1.29, 1.82) is 0 Å². The second-order valence-electron chi connectivity index (χ2n) is 5.03. The van der Waals surface area contributed by atoms with Crippen molar-refractivity contribution in [2.75, 3.05) is 0 Å². The highest BCUT2D eigenvalue weighted by Gasteiger charge is 2.14. The van der Waals surface area contributed by atoms with Crippen LogP contribution in [0.1, 0.15) is 11.1 Å². The van der Waals surface area contributed by atoms with Crippen molar-refractivity contribution in [3.8, 4) is 23.3 Å². The molecule has 1 N–H and O–H groups in total. The van der Waals surface area contributed by atoms with Crippen molar-refractivity contribution in [2.24, 2.45) is 0 Å². The normalized spacial score (nSPS) is 10.7. The molecule has 2 aromatic carbocycles. The number of aromatic nitrogens is 2. The minimum atomic E-state index is -0.682. The van der Waals surface area contributed by atoms with Crippen LogP contribution < -0.4 is 10.5 Å². The third kappa shape index (κ3) is 3.07. The molecule has 0 aliphatic heterocycles. The van der Waals surface area contributed by atoms with Gasteiger partial charge in [0, 0.05) is 5.02 Å². The largest absolute Gasteiger partial charge is 0.507 e. The van der Waals surface area contributed by atoms with Gasteiger partial charge in [0.25, 0.3) is 0 Å². The summed E-state index contributed by atoms with van der Waals surface area (Å²) in [6.45, 7) is 3.48. The van der Waals surface area contributed by atoms with E-state index in [0.717, 1.165) is 4.68 Å². The van der Waals surface area contributed by atoms with Gasteiger partial charge in [0.1, 0.15) is 11.5 Å². The molecule has 6 nitrogen and oxygen atoms in total. The first-order valence-electron chi connectivity index (χ1n) is 6.78. The Morgan fingerprint density at radius 2 is 1.78 bits per heavy atom. The lowest BCUT2D eigenvalue weighted by atomic mass is 10.1. The van der Waals surface area contributed by atoms with Gasteiger partial charge in [0.05, 0.1) is 5.69 Å². The van der Waals surface area contributed by atoms with Gasteiger partial charge in [-0.25, -0.2) is 4.79 Å². The molecule has 118 valence electrons. The van der Waals surface area contributed by atoms with Gasteiger partial charge in [-0.1, -0.05) is 16.7 Å². The molecule has 0 radical (unpaired) electrons. The molecule has 0 unspecified atom stereocenters. The summed E-state index contributed by atoms with van der Waals surface area (Å²) in [7, 11) is 0. The summed E-state index contributed by atoms with van der Waals surface area (Å²) in [4.78, 5) is 12.0. The van der Waals surface area contributed by atoms with Gasteiger partial charge in [0.15, 0.2) is 0 Å². The number of phenolic OH excluding ortho intramolecular Hbond substituents is 1. The van der Waals surface area contributed by atoms with E-state index in [2.05, 4.69) is 5.10 Å². The number of halogens is 1. The van der Waals surface area contributed by atoms with Crippen molar-refractivity contribution < 1.29 is 14.3 Å². The maximum Gasteiger partial charge on any atom is 0.444 e. The lowest BCUT2D eigenvalue weighted by molar-refractivity contribution is 0.320. The van der Waals surface area contributed by atoms with Crippen LogP contribution in [0, 0.1) is 13.8 Å². The zero-order valence-electron chi connectivity index (χ0n) is 12.4. The summed E-state index contributed by atoms with van der Waals surface area (Å²) in [6, 6.07) is 9.85. The molecule has 0 aliphatic carbocycles. The van der Waals surface area contributed by atoms with Crippen LogP contribution in [0.2, 0.25) is 5.02 Å². The molecule has 0 aliphatic rings.